The summed E-state index contributed by atoms with van der Waals surface area (Å²) in [7, 11) is 0. The van der Waals surface area contributed by atoms with Crippen LogP contribution in [0.5, 0.6) is 0 Å². The predicted molar refractivity (Wildman–Crippen MR) is 236 cm³/mol. The Labute approximate surface area is 333 Å². The second-order valence-electron chi connectivity index (χ2n) is 14.0. The van der Waals surface area contributed by atoms with Crippen molar-refractivity contribution in [3.63, 3.8) is 0 Å². The number of hydrogen-bond acceptors (Lipinski definition) is 8. The minimum absolute atomic E-state index is 0.628. The Morgan fingerprint density at radius 1 is 0.368 bits per heavy atom. The zero-order valence-corrected chi connectivity index (χ0v) is 31.7. The molecular formula is C49H27N5OS2. The van der Waals surface area contributed by atoms with Crippen LogP contribution in [0.4, 0.5) is 0 Å². The van der Waals surface area contributed by atoms with Gasteiger partial charge in [-0.05, 0) is 36.4 Å². The van der Waals surface area contributed by atoms with Crippen molar-refractivity contribution >= 4 is 85.1 Å². The van der Waals surface area contributed by atoms with E-state index in [0.717, 1.165) is 75.6 Å². The number of aromatic nitrogens is 5. The minimum Gasteiger partial charge on any atom is -0.452 e. The number of para-hydroxylation sites is 1. The molecule has 0 saturated carbocycles. The molecule has 0 atom stereocenters. The van der Waals surface area contributed by atoms with Gasteiger partial charge >= 0.3 is 0 Å². The van der Waals surface area contributed by atoms with Gasteiger partial charge in [-0.1, -0.05) is 127 Å². The molecule has 0 aliphatic rings. The Balaban J connectivity index is 1.10. The largest absolute Gasteiger partial charge is 0.452 e. The van der Waals surface area contributed by atoms with Gasteiger partial charge < -0.3 is 4.42 Å². The molecule has 0 N–H and O–H groups in total. The van der Waals surface area contributed by atoms with E-state index in [1.165, 1.54) is 14.8 Å². The molecule has 6 nitrogen and oxygen atoms in total. The molecule has 0 unspecified atom stereocenters. The van der Waals surface area contributed by atoms with Crippen LogP contribution in [-0.2, 0) is 0 Å². The molecule has 12 rings (SSSR count). The standard InChI is InChI=1S/C49H27N5OS2/c1-3-14-28(15-4-1)42-44-43(30-18-7-9-24-36(30)55-44)51-47(50-42)34-22-13-27-39-41(34)32-20-11-23-35(45(32)57-39)49-53-46(29-16-5-2-6-17-29)52-48(54-49)33-21-12-26-38-40(33)31-19-8-10-25-37(31)56-38/h1-27H. The van der Waals surface area contributed by atoms with E-state index in [0.29, 0.717) is 28.9 Å². The third-order valence-electron chi connectivity index (χ3n) is 10.6. The monoisotopic (exact) mass is 765 g/mol. The summed E-state index contributed by atoms with van der Waals surface area (Å²) in [6.07, 6.45) is 0. The van der Waals surface area contributed by atoms with E-state index >= 15 is 0 Å². The first-order chi connectivity index (χ1) is 28.2. The van der Waals surface area contributed by atoms with Gasteiger partial charge in [0.05, 0.1) is 0 Å². The van der Waals surface area contributed by atoms with Gasteiger partial charge in [0.15, 0.2) is 28.9 Å². The van der Waals surface area contributed by atoms with E-state index in [2.05, 4.69) is 109 Å². The van der Waals surface area contributed by atoms with Crippen molar-refractivity contribution < 1.29 is 4.42 Å². The third-order valence-corrected chi connectivity index (χ3v) is 12.9. The van der Waals surface area contributed by atoms with E-state index in [4.69, 9.17) is 29.3 Å². The van der Waals surface area contributed by atoms with Gasteiger partial charge in [-0.2, -0.15) is 0 Å². The molecule has 0 fully saturated rings. The van der Waals surface area contributed by atoms with E-state index < -0.39 is 0 Å². The van der Waals surface area contributed by atoms with E-state index in [-0.39, 0.29) is 0 Å². The van der Waals surface area contributed by atoms with Crippen LogP contribution >= 0.6 is 22.7 Å². The maximum Gasteiger partial charge on any atom is 0.180 e. The molecular weight excluding hydrogens is 739 g/mol. The molecule has 0 amide bonds. The summed E-state index contributed by atoms with van der Waals surface area (Å²) < 4.78 is 11.1. The number of hydrogen-bond donors (Lipinski definition) is 0. The van der Waals surface area contributed by atoms with Crippen molar-refractivity contribution in [2.45, 2.75) is 0 Å². The molecule has 0 saturated heterocycles. The fourth-order valence-corrected chi connectivity index (χ4v) is 10.4. The molecule has 7 aromatic carbocycles. The molecule has 0 aliphatic carbocycles. The highest BCUT2D eigenvalue weighted by Crippen LogP contribution is 2.45. The lowest BCUT2D eigenvalue weighted by atomic mass is 10.0. The van der Waals surface area contributed by atoms with Gasteiger partial charge in [0.1, 0.15) is 16.8 Å². The van der Waals surface area contributed by atoms with Crippen LogP contribution in [0.2, 0.25) is 0 Å². The summed E-state index contributed by atoms with van der Waals surface area (Å²) in [5.74, 6) is 2.55. The van der Waals surface area contributed by atoms with Crippen LogP contribution in [0.1, 0.15) is 0 Å². The summed E-state index contributed by atoms with van der Waals surface area (Å²) >= 11 is 3.53. The molecule has 12 aromatic rings. The molecule has 57 heavy (non-hydrogen) atoms. The molecule has 5 heterocycles. The number of nitrogens with zero attached hydrogens (tertiary/aromatic N) is 5. The molecule has 0 bridgehead atoms. The summed E-state index contributed by atoms with van der Waals surface area (Å²) in [4.78, 5) is 26.1. The molecule has 0 aliphatic heterocycles. The summed E-state index contributed by atoms with van der Waals surface area (Å²) in [5.41, 5.74) is 7.84. The zero-order chi connectivity index (χ0) is 37.5. The van der Waals surface area contributed by atoms with Crippen LogP contribution in [0.25, 0.3) is 119 Å². The van der Waals surface area contributed by atoms with E-state index in [9.17, 15) is 0 Å². The average molecular weight is 766 g/mol. The second-order valence-corrected chi connectivity index (χ2v) is 16.1. The molecule has 266 valence electrons. The van der Waals surface area contributed by atoms with E-state index in [1.54, 1.807) is 22.7 Å². The van der Waals surface area contributed by atoms with Crippen LogP contribution in [0.3, 0.4) is 0 Å². The van der Waals surface area contributed by atoms with Gasteiger partial charge in [0.2, 0.25) is 0 Å². The van der Waals surface area contributed by atoms with Crippen LogP contribution in [0, 0.1) is 0 Å². The molecule has 0 spiro atoms. The molecule has 0 radical (unpaired) electrons. The maximum atomic E-state index is 6.42. The van der Waals surface area contributed by atoms with Crippen molar-refractivity contribution in [1.29, 1.82) is 0 Å². The minimum atomic E-state index is 0.628. The lowest BCUT2D eigenvalue weighted by Gasteiger charge is -2.10. The lowest BCUT2D eigenvalue weighted by molar-refractivity contribution is 0.667. The lowest BCUT2D eigenvalue weighted by Crippen LogP contribution is -2.00. The summed E-state index contributed by atoms with van der Waals surface area (Å²) in [5, 5.41) is 5.52. The highest BCUT2D eigenvalue weighted by atomic mass is 32.1. The number of furan rings is 1. The number of benzene rings is 7. The molecule has 5 aromatic heterocycles. The fraction of sp³-hybridized carbons (Fsp3) is 0. The van der Waals surface area contributed by atoms with Crippen LogP contribution < -0.4 is 0 Å². The number of fused-ring (bicyclic) bond motifs is 9. The van der Waals surface area contributed by atoms with Gasteiger partial charge in [-0.25, -0.2) is 24.9 Å². The summed E-state index contributed by atoms with van der Waals surface area (Å²) in [6.45, 7) is 0. The first kappa shape index (κ1) is 32.1. The third kappa shape index (κ3) is 5.12. The topological polar surface area (TPSA) is 77.6 Å². The Morgan fingerprint density at radius 2 is 0.912 bits per heavy atom. The molecule has 8 heteroatoms. The highest BCUT2D eigenvalue weighted by molar-refractivity contribution is 7.26. The van der Waals surface area contributed by atoms with Crippen molar-refractivity contribution in [1.82, 2.24) is 24.9 Å². The first-order valence-corrected chi connectivity index (χ1v) is 20.3. The van der Waals surface area contributed by atoms with Gasteiger partial charge in [-0.3, -0.25) is 0 Å². The Hall–Kier alpha value is -7.13. The van der Waals surface area contributed by atoms with Crippen molar-refractivity contribution in [3.8, 4) is 56.8 Å². The quantitative estimate of drug-likeness (QED) is 0.174. The second kappa shape index (κ2) is 12.7. The number of thiophene rings is 2. The highest BCUT2D eigenvalue weighted by Gasteiger charge is 2.23. The Morgan fingerprint density at radius 3 is 1.70 bits per heavy atom. The van der Waals surface area contributed by atoms with Crippen LogP contribution in [-0.4, -0.2) is 24.9 Å². The average Bonchev–Trinajstić information content (AvgIpc) is 3.98. The summed E-state index contributed by atoms with van der Waals surface area (Å²) in [6, 6.07) is 56.2. The zero-order valence-electron chi connectivity index (χ0n) is 30.0. The Kier molecular flexibility index (Phi) is 7.17. The van der Waals surface area contributed by atoms with Gasteiger partial charge in [0.25, 0.3) is 0 Å². The number of rotatable bonds is 5. The van der Waals surface area contributed by atoms with Crippen molar-refractivity contribution in [3.05, 3.63) is 164 Å². The van der Waals surface area contributed by atoms with Crippen LogP contribution in [0.15, 0.2) is 168 Å². The van der Waals surface area contributed by atoms with Crippen molar-refractivity contribution in [2.75, 3.05) is 0 Å². The first-order valence-electron chi connectivity index (χ1n) is 18.7. The fourth-order valence-electron chi connectivity index (χ4n) is 8.01. The normalized spacial score (nSPS) is 11.9. The predicted octanol–water partition coefficient (Wildman–Crippen LogP) is 13.6. The van der Waals surface area contributed by atoms with Gasteiger partial charge in [0, 0.05) is 73.5 Å². The SMILES string of the molecule is c1ccc(-c2nc(-c3cccc4c3sc3cccc(-c5nc(-c6ccccc6)c6oc7ccccc7c6n5)c34)nc(-c3cccc4sc5ccccc5c34)n2)cc1. The Bertz CT molecular complexity index is 3540. The smallest absolute Gasteiger partial charge is 0.180 e. The van der Waals surface area contributed by atoms with E-state index in [1.807, 2.05) is 54.6 Å². The van der Waals surface area contributed by atoms with Crippen molar-refractivity contribution in [2.24, 2.45) is 0 Å². The maximum absolute atomic E-state index is 6.42. The van der Waals surface area contributed by atoms with Gasteiger partial charge in [-0.15, -0.1) is 22.7 Å².